The van der Waals surface area contributed by atoms with E-state index in [1.807, 2.05) is 30.3 Å². The van der Waals surface area contributed by atoms with Crippen LogP contribution >= 0.6 is 11.8 Å². The number of benzene rings is 3. The van der Waals surface area contributed by atoms with Crippen molar-refractivity contribution in [3.63, 3.8) is 0 Å². The largest absolute Gasteiger partial charge is 0.418 e. The highest BCUT2D eigenvalue weighted by Crippen LogP contribution is 2.48. The van der Waals surface area contributed by atoms with Crippen molar-refractivity contribution in [2.45, 2.75) is 28.7 Å². The Morgan fingerprint density at radius 1 is 0.897 bits per heavy atom. The molecule has 1 fully saturated rings. The van der Waals surface area contributed by atoms with Gasteiger partial charge < -0.3 is 15.0 Å². The molecule has 1 aliphatic rings. The SMILES string of the molecule is O=C(/C=C/c1ccc(Sc2cccc(NCc3ccccc3)c2)c(C(F)(F)F)c1C(F)(F)F)N1CCOCC1. The van der Waals surface area contributed by atoms with E-state index < -0.39 is 39.8 Å². The second-order valence-corrected chi connectivity index (χ2v) is 9.75. The van der Waals surface area contributed by atoms with Crippen molar-refractivity contribution in [3.05, 3.63) is 95.1 Å². The molecule has 0 aliphatic carbocycles. The van der Waals surface area contributed by atoms with Gasteiger partial charge in [0.05, 0.1) is 24.3 Å². The number of rotatable bonds is 7. The van der Waals surface area contributed by atoms with E-state index in [2.05, 4.69) is 5.32 Å². The first-order valence-corrected chi connectivity index (χ1v) is 12.8. The minimum absolute atomic E-state index is 0.248. The minimum atomic E-state index is -5.32. The zero-order chi connectivity index (χ0) is 28.0. The summed E-state index contributed by atoms with van der Waals surface area (Å²) in [6, 6.07) is 17.8. The number of carbonyl (C=O) groups is 1. The van der Waals surface area contributed by atoms with Gasteiger partial charge in [0, 0.05) is 41.2 Å². The topological polar surface area (TPSA) is 41.6 Å². The lowest BCUT2D eigenvalue weighted by Gasteiger charge is -2.25. The summed E-state index contributed by atoms with van der Waals surface area (Å²) in [5.74, 6) is -0.599. The molecule has 0 saturated carbocycles. The van der Waals surface area contributed by atoms with E-state index in [9.17, 15) is 31.1 Å². The Hall–Kier alpha value is -3.44. The number of nitrogens with zero attached hydrogens (tertiary/aromatic N) is 1. The van der Waals surface area contributed by atoms with E-state index in [1.165, 1.54) is 11.0 Å². The van der Waals surface area contributed by atoms with Gasteiger partial charge in [-0.1, -0.05) is 54.2 Å². The lowest BCUT2D eigenvalue weighted by Crippen LogP contribution is -2.39. The summed E-state index contributed by atoms with van der Waals surface area (Å²) in [4.78, 5) is 13.5. The quantitative estimate of drug-likeness (QED) is 0.240. The van der Waals surface area contributed by atoms with E-state index in [4.69, 9.17) is 4.74 Å². The summed E-state index contributed by atoms with van der Waals surface area (Å²) in [5.41, 5.74) is -2.76. The molecule has 3 aromatic carbocycles. The van der Waals surface area contributed by atoms with Crippen LogP contribution in [0.15, 0.2) is 82.6 Å². The molecule has 0 aromatic heterocycles. The Morgan fingerprint density at radius 2 is 1.59 bits per heavy atom. The Labute approximate surface area is 225 Å². The van der Waals surface area contributed by atoms with Crippen molar-refractivity contribution in [3.8, 4) is 0 Å². The summed E-state index contributed by atoms with van der Waals surface area (Å²) < 4.78 is 89.9. The fourth-order valence-corrected chi connectivity index (χ4v) is 5.10. The molecule has 1 amide bonds. The maximum atomic E-state index is 14.2. The third kappa shape index (κ3) is 7.57. The third-order valence-corrected chi connectivity index (χ3v) is 6.95. The van der Waals surface area contributed by atoms with Gasteiger partial charge in [0.15, 0.2) is 0 Å². The van der Waals surface area contributed by atoms with Crippen LogP contribution in [0.1, 0.15) is 22.3 Å². The van der Waals surface area contributed by atoms with E-state index in [1.54, 1.807) is 18.2 Å². The molecule has 0 atom stereocenters. The molecule has 4 rings (SSSR count). The monoisotopic (exact) mass is 566 g/mol. The van der Waals surface area contributed by atoms with Gasteiger partial charge in [0.2, 0.25) is 5.91 Å². The fraction of sp³-hybridized carbons (Fsp3) is 0.250. The average Bonchev–Trinajstić information content (AvgIpc) is 2.91. The van der Waals surface area contributed by atoms with Crippen LogP contribution in [0.25, 0.3) is 6.08 Å². The van der Waals surface area contributed by atoms with Crippen LogP contribution in [-0.2, 0) is 28.4 Å². The molecule has 39 heavy (non-hydrogen) atoms. The number of carbonyl (C=O) groups excluding carboxylic acids is 1. The Kier molecular flexibility index (Phi) is 8.91. The van der Waals surface area contributed by atoms with Crippen molar-refractivity contribution in [2.24, 2.45) is 0 Å². The maximum Gasteiger partial charge on any atom is 0.418 e. The molecule has 1 aliphatic heterocycles. The predicted molar refractivity (Wildman–Crippen MR) is 137 cm³/mol. The summed E-state index contributed by atoms with van der Waals surface area (Å²) in [7, 11) is 0. The van der Waals surface area contributed by atoms with Crippen LogP contribution in [0.5, 0.6) is 0 Å². The van der Waals surface area contributed by atoms with Gasteiger partial charge >= 0.3 is 12.4 Å². The Bertz CT molecular complexity index is 1320. The molecular formula is C28H24F6N2O2S. The van der Waals surface area contributed by atoms with Crippen molar-refractivity contribution < 1.29 is 35.9 Å². The van der Waals surface area contributed by atoms with Crippen LogP contribution in [-0.4, -0.2) is 37.1 Å². The average molecular weight is 567 g/mol. The number of anilines is 1. The number of amides is 1. The highest BCUT2D eigenvalue weighted by Gasteiger charge is 2.46. The molecule has 206 valence electrons. The zero-order valence-electron chi connectivity index (χ0n) is 20.5. The summed E-state index contributed by atoms with van der Waals surface area (Å²) in [5, 5.41) is 3.16. The molecule has 0 spiro atoms. The van der Waals surface area contributed by atoms with Gasteiger partial charge in [0.1, 0.15) is 0 Å². The van der Waals surface area contributed by atoms with E-state index in [0.29, 0.717) is 28.9 Å². The smallest absolute Gasteiger partial charge is 0.381 e. The zero-order valence-corrected chi connectivity index (χ0v) is 21.3. The molecule has 1 heterocycles. The van der Waals surface area contributed by atoms with Crippen LogP contribution in [0.3, 0.4) is 0 Å². The van der Waals surface area contributed by atoms with Crippen LogP contribution in [0.4, 0.5) is 32.0 Å². The fourth-order valence-electron chi connectivity index (χ4n) is 4.06. The third-order valence-electron chi connectivity index (χ3n) is 5.90. The molecular weight excluding hydrogens is 542 g/mol. The van der Waals surface area contributed by atoms with E-state index >= 15 is 0 Å². The first-order chi connectivity index (χ1) is 18.5. The van der Waals surface area contributed by atoms with E-state index in [-0.39, 0.29) is 26.3 Å². The molecule has 0 bridgehead atoms. The van der Waals surface area contributed by atoms with Crippen molar-refractivity contribution in [1.82, 2.24) is 4.90 Å². The molecule has 4 nitrogen and oxygen atoms in total. The van der Waals surface area contributed by atoms with Crippen molar-refractivity contribution in [2.75, 3.05) is 31.6 Å². The number of ether oxygens (including phenoxy) is 1. The lowest BCUT2D eigenvalue weighted by atomic mass is 9.99. The Balaban J connectivity index is 1.65. The summed E-state index contributed by atoms with van der Waals surface area (Å²) in [6.45, 7) is 1.52. The second-order valence-electron chi connectivity index (χ2n) is 8.64. The molecule has 0 unspecified atom stereocenters. The number of hydrogen-bond donors (Lipinski definition) is 1. The van der Waals surface area contributed by atoms with Crippen LogP contribution in [0.2, 0.25) is 0 Å². The van der Waals surface area contributed by atoms with Crippen LogP contribution < -0.4 is 5.32 Å². The number of morpholine rings is 1. The number of halogens is 6. The van der Waals surface area contributed by atoms with Gasteiger partial charge in [-0.25, -0.2) is 0 Å². The standard InChI is InChI=1S/C28H24F6N2O2S/c29-27(30,31)25-20(10-12-24(37)36-13-15-38-16-14-36)9-11-23(26(25)28(32,33)34)39-22-8-4-7-21(17-22)35-18-19-5-2-1-3-6-19/h1-12,17,35H,13-16,18H2/b12-10+. The van der Waals surface area contributed by atoms with Crippen molar-refractivity contribution in [1.29, 1.82) is 0 Å². The number of hydrogen-bond acceptors (Lipinski definition) is 4. The summed E-state index contributed by atoms with van der Waals surface area (Å²) in [6.07, 6.45) is -8.96. The first kappa shape index (κ1) is 28.6. The molecule has 11 heteroatoms. The lowest BCUT2D eigenvalue weighted by molar-refractivity contribution is -0.163. The highest BCUT2D eigenvalue weighted by atomic mass is 32.2. The normalized spacial score (nSPS) is 14.6. The highest BCUT2D eigenvalue weighted by molar-refractivity contribution is 7.99. The van der Waals surface area contributed by atoms with Gasteiger partial charge in [-0.15, -0.1) is 0 Å². The molecule has 1 N–H and O–H groups in total. The summed E-state index contributed by atoms with van der Waals surface area (Å²) >= 11 is 0.590. The van der Waals surface area contributed by atoms with Gasteiger partial charge in [-0.3, -0.25) is 4.79 Å². The van der Waals surface area contributed by atoms with E-state index in [0.717, 1.165) is 29.8 Å². The van der Waals surface area contributed by atoms with Crippen molar-refractivity contribution >= 4 is 29.4 Å². The predicted octanol–water partition coefficient (Wildman–Crippen LogP) is 7.36. The second kappa shape index (κ2) is 12.2. The van der Waals surface area contributed by atoms with Gasteiger partial charge in [0.25, 0.3) is 0 Å². The Morgan fingerprint density at radius 3 is 2.26 bits per heavy atom. The first-order valence-electron chi connectivity index (χ1n) is 11.9. The van der Waals surface area contributed by atoms with Crippen LogP contribution in [0, 0.1) is 0 Å². The molecule has 3 aromatic rings. The molecule has 0 radical (unpaired) electrons. The number of alkyl halides is 6. The van der Waals surface area contributed by atoms with Gasteiger partial charge in [-0.05, 0) is 41.5 Å². The maximum absolute atomic E-state index is 14.2. The van der Waals surface area contributed by atoms with Gasteiger partial charge in [-0.2, -0.15) is 26.3 Å². The number of nitrogens with one attached hydrogen (secondary N) is 1. The molecule has 1 saturated heterocycles. The minimum Gasteiger partial charge on any atom is -0.381 e.